The molecule has 0 bridgehead atoms. The number of hydrogen-bond donors (Lipinski definition) is 2. The van der Waals surface area contributed by atoms with E-state index in [-0.39, 0.29) is 11.8 Å². The normalized spacial score (nSPS) is 12.6. The molecule has 0 radical (unpaired) electrons. The molecule has 0 saturated carbocycles. The second-order valence-electron chi connectivity index (χ2n) is 6.31. The first kappa shape index (κ1) is 18.2. The smallest absolute Gasteiger partial charge is 0.255 e. The topological polar surface area (TPSA) is 89.6 Å². The van der Waals surface area contributed by atoms with Gasteiger partial charge in [-0.25, -0.2) is 4.98 Å². The highest BCUT2D eigenvalue weighted by molar-refractivity contribution is 7.22. The molecule has 2 heterocycles. The minimum Gasteiger partial charge on any atom is -0.486 e. The van der Waals surface area contributed by atoms with E-state index in [1.165, 1.54) is 11.3 Å². The maximum absolute atomic E-state index is 12.6. The zero-order chi connectivity index (χ0) is 19.5. The van der Waals surface area contributed by atoms with Gasteiger partial charge in [-0.15, -0.1) is 0 Å². The van der Waals surface area contributed by atoms with E-state index < -0.39 is 0 Å². The monoisotopic (exact) mass is 397 g/mol. The summed E-state index contributed by atoms with van der Waals surface area (Å²) in [7, 11) is 0. The molecule has 1 aliphatic heterocycles. The largest absolute Gasteiger partial charge is 0.486 e. The molecule has 0 aliphatic carbocycles. The van der Waals surface area contributed by atoms with E-state index in [0.29, 0.717) is 47.5 Å². The van der Waals surface area contributed by atoms with Gasteiger partial charge in [-0.1, -0.05) is 18.3 Å². The number of carbonyl (C=O) groups is 2. The van der Waals surface area contributed by atoms with Crippen molar-refractivity contribution in [2.45, 2.75) is 19.8 Å². The second kappa shape index (κ2) is 7.85. The number of nitrogens with zero attached hydrogens (tertiary/aromatic N) is 1. The van der Waals surface area contributed by atoms with Crippen molar-refractivity contribution in [1.29, 1.82) is 0 Å². The van der Waals surface area contributed by atoms with E-state index >= 15 is 0 Å². The Kier molecular flexibility index (Phi) is 5.12. The average Bonchev–Trinajstić information content (AvgIpc) is 3.09. The fourth-order valence-corrected chi connectivity index (χ4v) is 3.77. The van der Waals surface area contributed by atoms with Crippen molar-refractivity contribution < 1.29 is 19.1 Å². The van der Waals surface area contributed by atoms with E-state index in [1.54, 1.807) is 24.3 Å². The van der Waals surface area contributed by atoms with E-state index in [2.05, 4.69) is 15.6 Å². The number of ether oxygens (including phenoxy) is 2. The number of anilines is 2. The Morgan fingerprint density at radius 1 is 1.07 bits per heavy atom. The van der Waals surface area contributed by atoms with Gasteiger partial charge >= 0.3 is 0 Å². The van der Waals surface area contributed by atoms with Crippen LogP contribution in [0.25, 0.3) is 10.2 Å². The van der Waals surface area contributed by atoms with Gasteiger partial charge < -0.3 is 20.1 Å². The van der Waals surface area contributed by atoms with E-state index in [1.807, 2.05) is 19.1 Å². The molecule has 2 amide bonds. The van der Waals surface area contributed by atoms with Crippen LogP contribution < -0.4 is 20.1 Å². The van der Waals surface area contributed by atoms with Crippen molar-refractivity contribution in [2.24, 2.45) is 0 Å². The summed E-state index contributed by atoms with van der Waals surface area (Å²) in [6.07, 6.45) is 1.25. The Morgan fingerprint density at radius 3 is 2.71 bits per heavy atom. The Hall–Kier alpha value is -3.13. The number of rotatable bonds is 5. The van der Waals surface area contributed by atoms with Crippen LogP contribution in [0.1, 0.15) is 30.1 Å². The number of fused-ring (bicyclic) bond motifs is 2. The third-order valence-corrected chi connectivity index (χ3v) is 5.11. The second-order valence-corrected chi connectivity index (χ2v) is 7.34. The van der Waals surface area contributed by atoms with E-state index in [9.17, 15) is 9.59 Å². The van der Waals surface area contributed by atoms with E-state index in [0.717, 1.165) is 16.6 Å². The summed E-state index contributed by atoms with van der Waals surface area (Å²) in [4.78, 5) is 28.7. The molecule has 2 aromatic carbocycles. The zero-order valence-electron chi connectivity index (χ0n) is 15.3. The van der Waals surface area contributed by atoms with Gasteiger partial charge in [0.25, 0.3) is 5.91 Å². The maximum atomic E-state index is 12.6. The summed E-state index contributed by atoms with van der Waals surface area (Å²) in [6, 6.07) is 10.6. The standard InChI is InChI=1S/C20H19N3O4S/c1-2-3-18(24)23-20-22-14-6-5-13(11-17(14)28-20)21-19(25)12-4-7-15-16(10-12)27-9-8-26-15/h4-7,10-11H,2-3,8-9H2,1H3,(H,21,25)(H,22,23,24). The van der Waals surface area contributed by atoms with Crippen LogP contribution in [0.2, 0.25) is 0 Å². The summed E-state index contributed by atoms with van der Waals surface area (Å²) in [5, 5.41) is 6.25. The molecule has 0 fully saturated rings. The third kappa shape index (κ3) is 3.91. The van der Waals surface area contributed by atoms with Crippen LogP contribution in [0.5, 0.6) is 11.5 Å². The highest BCUT2D eigenvalue weighted by atomic mass is 32.1. The molecule has 8 heteroatoms. The lowest BCUT2D eigenvalue weighted by atomic mass is 10.1. The quantitative estimate of drug-likeness (QED) is 0.678. The SMILES string of the molecule is CCCC(=O)Nc1nc2ccc(NC(=O)c3ccc4c(c3)OCCO4)cc2s1. The van der Waals surface area contributed by atoms with Gasteiger partial charge in [0.15, 0.2) is 16.6 Å². The van der Waals surface area contributed by atoms with Gasteiger partial charge in [0.2, 0.25) is 5.91 Å². The third-order valence-electron chi connectivity index (χ3n) is 4.17. The first-order valence-corrected chi connectivity index (χ1v) is 9.85. The molecule has 2 N–H and O–H groups in total. The van der Waals surface area contributed by atoms with Crippen molar-refractivity contribution in [3.05, 3.63) is 42.0 Å². The lowest BCUT2D eigenvalue weighted by molar-refractivity contribution is -0.116. The summed E-state index contributed by atoms with van der Waals surface area (Å²) in [5.41, 5.74) is 1.91. The lowest BCUT2D eigenvalue weighted by Gasteiger charge is -2.18. The van der Waals surface area contributed by atoms with Crippen molar-refractivity contribution in [3.63, 3.8) is 0 Å². The Labute approximate surface area is 165 Å². The highest BCUT2D eigenvalue weighted by Crippen LogP contribution is 2.32. The minimum atomic E-state index is -0.239. The molecule has 3 aromatic rings. The fourth-order valence-electron chi connectivity index (χ4n) is 2.85. The number of nitrogens with one attached hydrogen (secondary N) is 2. The van der Waals surface area contributed by atoms with Gasteiger partial charge in [-0.3, -0.25) is 9.59 Å². The first-order chi connectivity index (χ1) is 13.6. The van der Waals surface area contributed by atoms with Crippen LogP contribution in [0.15, 0.2) is 36.4 Å². The predicted octanol–water partition coefficient (Wildman–Crippen LogP) is 4.06. The Morgan fingerprint density at radius 2 is 1.89 bits per heavy atom. The van der Waals surface area contributed by atoms with Crippen LogP contribution in [-0.4, -0.2) is 30.0 Å². The number of aromatic nitrogens is 1. The van der Waals surface area contributed by atoms with Gasteiger partial charge in [-0.2, -0.15) is 0 Å². The van der Waals surface area contributed by atoms with Crippen LogP contribution in [0.4, 0.5) is 10.8 Å². The number of thiazole rings is 1. The highest BCUT2D eigenvalue weighted by Gasteiger charge is 2.15. The van der Waals surface area contributed by atoms with Crippen molar-refractivity contribution in [1.82, 2.24) is 4.98 Å². The predicted molar refractivity (Wildman–Crippen MR) is 109 cm³/mol. The van der Waals surface area contributed by atoms with Gasteiger partial charge in [-0.05, 0) is 42.8 Å². The average molecular weight is 397 g/mol. The summed E-state index contributed by atoms with van der Waals surface area (Å²) in [6.45, 7) is 2.93. The molecular weight excluding hydrogens is 378 g/mol. The molecule has 0 unspecified atom stereocenters. The lowest BCUT2D eigenvalue weighted by Crippen LogP contribution is -2.17. The molecule has 1 aromatic heterocycles. The fraction of sp³-hybridized carbons (Fsp3) is 0.250. The molecule has 7 nitrogen and oxygen atoms in total. The molecule has 0 atom stereocenters. The Balaban J connectivity index is 1.49. The van der Waals surface area contributed by atoms with Crippen LogP contribution in [0, 0.1) is 0 Å². The molecule has 28 heavy (non-hydrogen) atoms. The summed E-state index contributed by atoms with van der Waals surface area (Å²) >= 11 is 1.38. The van der Waals surface area contributed by atoms with E-state index in [4.69, 9.17) is 9.47 Å². The Bertz CT molecular complexity index is 1050. The minimum absolute atomic E-state index is 0.0475. The molecular formula is C20H19N3O4S. The number of carbonyl (C=O) groups excluding carboxylic acids is 2. The van der Waals surface area contributed by atoms with Crippen LogP contribution in [-0.2, 0) is 4.79 Å². The summed E-state index contributed by atoms with van der Waals surface area (Å²) in [5.74, 6) is 0.932. The number of amides is 2. The molecule has 1 aliphatic rings. The zero-order valence-corrected chi connectivity index (χ0v) is 16.1. The first-order valence-electron chi connectivity index (χ1n) is 9.04. The molecule has 144 valence electrons. The maximum Gasteiger partial charge on any atom is 0.255 e. The van der Waals surface area contributed by atoms with Gasteiger partial charge in [0.1, 0.15) is 13.2 Å². The van der Waals surface area contributed by atoms with Crippen molar-refractivity contribution >= 4 is 44.2 Å². The summed E-state index contributed by atoms with van der Waals surface area (Å²) < 4.78 is 11.9. The number of hydrogen-bond acceptors (Lipinski definition) is 6. The van der Waals surface area contributed by atoms with Crippen molar-refractivity contribution in [2.75, 3.05) is 23.8 Å². The van der Waals surface area contributed by atoms with Gasteiger partial charge in [0, 0.05) is 17.7 Å². The van der Waals surface area contributed by atoms with Gasteiger partial charge in [0.05, 0.1) is 10.2 Å². The molecule has 0 saturated heterocycles. The van der Waals surface area contributed by atoms with Crippen molar-refractivity contribution in [3.8, 4) is 11.5 Å². The van der Waals surface area contributed by atoms with Crippen LogP contribution >= 0.6 is 11.3 Å². The molecule has 4 rings (SSSR count). The van der Waals surface area contributed by atoms with Crippen LogP contribution in [0.3, 0.4) is 0 Å². The molecule has 0 spiro atoms. The number of benzene rings is 2.